The van der Waals surface area contributed by atoms with Gasteiger partial charge in [0.25, 0.3) is 0 Å². The van der Waals surface area contributed by atoms with Gasteiger partial charge >= 0.3 is 0 Å². The van der Waals surface area contributed by atoms with E-state index in [4.69, 9.17) is 0 Å². The van der Waals surface area contributed by atoms with Gasteiger partial charge in [0.15, 0.2) is 9.84 Å². The van der Waals surface area contributed by atoms with Gasteiger partial charge in [0.1, 0.15) is 0 Å². The Hall–Kier alpha value is -0.720. The quantitative estimate of drug-likeness (QED) is 0.897. The molecular weight excluding hydrogens is 306 g/mol. The first kappa shape index (κ1) is 16.6. The summed E-state index contributed by atoms with van der Waals surface area (Å²) in [6, 6.07) is 6.40. The molecule has 21 heavy (non-hydrogen) atoms. The topological polar surface area (TPSA) is 63.2 Å². The van der Waals surface area contributed by atoms with E-state index in [1.807, 2.05) is 0 Å². The molecule has 0 aliphatic carbocycles. The fourth-order valence-electron chi connectivity index (χ4n) is 2.58. The molecule has 0 spiro atoms. The Morgan fingerprint density at radius 1 is 1.19 bits per heavy atom. The zero-order valence-electron chi connectivity index (χ0n) is 12.6. The van der Waals surface area contributed by atoms with Gasteiger partial charge in [-0.3, -0.25) is 4.21 Å². The largest absolute Gasteiger partial charge is 0.317 e. The molecule has 0 radical (unpaired) electrons. The lowest BCUT2D eigenvalue weighted by molar-refractivity contribution is 0.222. The van der Waals surface area contributed by atoms with Gasteiger partial charge < -0.3 is 5.32 Å². The van der Waals surface area contributed by atoms with Gasteiger partial charge in [-0.15, -0.1) is 0 Å². The Bertz CT molecular complexity index is 602. The average Bonchev–Trinajstić information content (AvgIpc) is 2.45. The molecule has 1 heterocycles. The van der Waals surface area contributed by atoms with Crippen LogP contribution in [0.5, 0.6) is 0 Å². The van der Waals surface area contributed by atoms with Gasteiger partial charge in [-0.05, 0) is 62.0 Å². The Kier molecular flexibility index (Phi) is 5.22. The first-order valence-corrected chi connectivity index (χ1v) is 10.4. The number of piperidine rings is 1. The van der Waals surface area contributed by atoms with E-state index in [1.165, 1.54) is 18.4 Å². The summed E-state index contributed by atoms with van der Waals surface area (Å²) < 4.78 is 35.1. The van der Waals surface area contributed by atoms with Crippen molar-refractivity contribution in [1.29, 1.82) is 0 Å². The Labute approximate surface area is 129 Å². The summed E-state index contributed by atoms with van der Waals surface area (Å²) in [6.45, 7) is 4.33. The standard InChI is InChI=1S/C15H23NO3S2/c1-15(7-10-16-11-8-15)9-12-20(17)13-3-5-14(6-4-13)21(2,18)19/h3-6,16H,7-12H2,1-2H3. The summed E-state index contributed by atoms with van der Waals surface area (Å²) in [5.41, 5.74) is 0.271. The number of sulfone groups is 1. The molecule has 2 rings (SSSR count). The van der Waals surface area contributed by atoms with Gasteiger partial charge in [0.2, 0.25) is 0 Å². The first-order chi connectivity index (χ1) is 9.80. The van der Waals surface area contributed by atoms with E-state index in [9.17, 15) is 12.6 Å². The van der Waals surface area contributed by atoms with Crippen LogP contribution < -0.4 is 5.32 Å². The second-order valence-electron chi connectivity index (χ2n) is 6.10. The highest BCUT2D eigenvalue weighted by Gasteiger charge is 2.27. The van der Waals surface area contributed by atoms with Crippen molar-refractivity contribution in [2.75, 3.05) is 25.1 Å². The SMILES string of the molecule is CC1(CCS(=O)c2ccc(S(C)(=O)=O)cc2)CCNCC1. The fraction of sp³-hybridized carbons (Fsp3) is 0.600. The van der Waals surface area contributed by atoms with E-state index in [0.29, 0.717) is 10.6 Å². The lowest BCUT2D eigenvalue weighted by Gasteiger charge is -2.33. The Balaban J connectivity index is 1.97. The molecule has 1 saturated heterocycles. The van der Waals surface area contributed by atoms with Crippen molar-refractivity contribution >= 4 is 20.6 Å². The Morgan fingerprint density at radius 3 is 2.29 bits per heavy atom. The zero-order chi connectivity index (χ0) is 15.5. The van der Waals surface area contributed by atoms with Crippen LogP contribution in [-0.2, 0) is 20.6 Å². The molecule has 1 aliphatic heterocycles. The van der Waals surface area contributed by atoms with E-state index < -0.39 is 20.6 Å². The predicted octanol–water partition coefficient (Wildman–Crippen LogP) is 1.98. The summed E-state index contributed by atoms with van der Waals surface area (Å²) in [7, 11) is -4.25. The smallest absolute Gasteiger partial charge is 0.175 e. The normalized spacial score (nSPS) is 20.1. The highest BCUT2D eigenvalue weighted by molar-refractivity contribution is 7.90. The number of hydrogen-bond donors (Lipinski definition) is 1. The maximum absolute atomic E-state index is 12.3. The van der Waals surface area contributed by atoms with Crippen LogP contribution in [-0.4, -0.2) is 37.7 Å². The maximum Gasteiger partial charge on any atom is 0.175 e. The van der Waals surface area contributed by atoms with Crippen molar-refractivity contribution < 1.29 is 12.6 Å². The molecule has 1 fully saturated rings. The van der Waals surface area contributed by atoms with Gasteiger partial charge in [0.05, 0.1) is 15.7 Å². The van der Waals surface area contributed by atoms with Crippen LogP contribution >= 0.6 is 0 Å². The van der Waals surface area contributed by atoms with E-state index in [-0.39, 0.29) is 10.3 Å². The summed E-state index contributed by atoms with van der Waals surface area (Å²) in [6.07, 6.45) is 4.36. The molecule has 6 heteroatoms. The fourth-order valence-corrected chi connectivity index (χ4v) is 4.56. The third-order valence-corrected chi connectivity index (χ3v) is 6.72. The number of benzene rings is 1. The van der Waals surface area contributed by atoms with E-state index in [0.717, 1.165) is 32.4 Å². The van der Waals surface area contributed by atoms with Crippen LogP contribution in [0.3, 0.4) is 0 Å². The molecule has 1 unspecified atom stereocenters. The van der Waals surface area contributed by atoms with Crippen molar-refractivity contribution in [2.24, 2.45) is 5.41 Å². The van der Waals surface area contributed by atoms with Crippen LogP contribution in [0.25, 0.3) is 0 Å². The molecule has 118 valence electrons. The van der Waals surface area contributed by atoms with Crippen molar-refractivity contribution in [3.8, 4) is 0 Å². The highest BCUT2D eigenvalue weighted by atomic mass is 32.2. The van der Waals surface area contributed by atoms with E-state index in [2.05, 4.69) is 12.2 Å². The molecule has 0 bridgehead atoms. The second-order valence-corrected chi connectivity index (χ2v) is 9.69. The monoisotopic (exact) mass is 329 g/mol. The van der Waals surface area contributed by atoms with Gasteiger partial charge in [-0.1, -0.05) is 6.92 Å². The molecule has 1 aliphatic rings. The summed E-state index contributed by atoms with van der Waals surface area (Å²) in [5, 5.41) is 3.35. The molecule has 1 N–H and O–H groups in total. The summed E-state index contributed by atoms with van der Waals surface area (Å²) in [5.74, 6) is 0.634. The molecule has 1 atom stereocenters. The third kappa shape index (κ3) is 4.63. The van der Waals surface area contributed by atoms with Gasteiger partial charge in [-0.25, -0.2) is 8.42 Å². The molecule has 0 aromatic heterocycles. The molecular formula is C15H23NO3S2. The van der Waals surface area contributed by atoms with E-state index in [1.54, 1.807) is 12.1 Å². The summed E-state index contributed by atoms with van der Waals surface area (Å²) >= 11 is 0. The third-order valence-electron chi connectivity index (χ3n) is 4.22. The minimum absolute atomic E-state index is 0.271. The number of hydrogen-bond acceptors (Lipinski definition) is 4. The number of rotatable bonds is 5. The van der Waals surface area contributed by atoms with Crippen molar-refractivity contribution in [2.45, 2.75) is 36.0 Å². The molecule has 0 amide bonds. The van der Waals surface area contributed by atoms with Gasteiger partial charge in [-0.2, -0.15) is 0 Å². The van der Waals surface area contributed by atoms with Crippen molar-refractivity contribution in [3.05, 3.63) is 24.3 Å². The second kappa shape index (κ2) is 6.58. The average molecular weight is 329 g/mol. The van der Waals surface area contributed by atoms with Crippen LogP contribution in [0.15, 0.2) is 34.1 Å². The van der Waals surface area contributed by atoms with Crippen LogP contribution in [0.1, 0.15) is 26.2 Å². The minimum atomic E-state index is -3.19. The molecule has 1 aromatic carbocycles. The lowest BCUT2D eigenvalue weighted by Crippen LogP contribution is -2.35. The maximum atomic E-state index is 12.3. The molecule has 1 aromatic rings. The predicted molar refractivity (Wildman–Crippen MR) is 85.7 cm³/mol. The van der Waals surface area contributed by atoms with Crippen LogP contribution in [0.2, 0.25) is 0 Å². The van der Waals surface area contributed by atoms with Crippen molar-refractivity contribution in [3.63, 3.8) is 0 Å². The van der Waals surface area contributed by atoms with Gasteiger partial charge in [0, 0.05) is 16.9 Å². The molecule has 0 saturated carbocycles. The minimum Gasteiger partial charge on any atom is -0.317 e. The lowest BCUT2D eigenvalue weighted by atomic mass is 9.79. The van der Waals surface area contributed by atoms with Crippen molar-refractivity contribution in [1.82, 2.24) is 5.32 Å². The summed E-state index contributed by atoms with van der Waals surface area (Å²) in [4.78, 5) is 0.980. The Morgan fingerprint density at radius 2 is 1.76 bits per heavy atom. The first-order valence-electron chi connectivity index (χ1n) is 7.19. The van der Waals surface area contributed by atoms with Crippen LogP contribution in [0.4, 0.5) is 0 Å². The zero-order valence-corrected chi connectivity index (χ0v) is 14.2. The number of nitrogens with one attached hydrogen (secondary N) is 1. The molecule has 4 nitrogen and oxygen atoms in total. The highest BCUT2D eigenvalue weighted by Crippen LogP contribution is 2.32. The van der Waals surface area contributed by atoms with E-state index >= 15 is 0 Å². The van der Waals surface area contributed by atoms with Crippen LogP contribution in [0, 0.1) is 5.41 Å².